The lowest BCUT2D eigenvalue weighted by molar-refractivity contribution is 0.337. The van der Waals surface area contributed by atoms with Crippen LogP contribution < -0.4 is 5.73 Å². The van der Waals surface area contributed by atoms with Gasteiger partial charge in [-0.2, -0.15) is 0 Å². The van der Waals surface area contributed by atoms with Gasteiger partial charge < -0.3 is 10.8 Å². The van der Waals surface area contributed by atoms with Crippen molar-refractivity contribution in [3.63, 3.8) is 0 Å². The molecule has 3 heteroatoms. The third-order valence-electron chi connectivity index (χ3n) is 2.23. The second-order valence-electron chi connectivity index (χ2n) is 3.19. The van der Waals surface area contributed by atoms with Crippen molar-refractivity contribution in [2.75, 3.05) is 6.61 Å². The van der Waals surface area contributed by atoms with E-state index in [0.29, 0.717) is 11.3 Å². The fraction of sp³-hybridized carbons (Fsp3) is 0.250. The van der Waals surface area contributed by atoms with Gasteiger partial charge in [-0.1, -0.05) is 49.5 Å². The van der Waals surface area contributed by atoms with E-state index in [2.05, 4.69) is 0 Å². The minimum atomic E-state index is -0.104. The number of thiocarbonyl (C=S) groups is 1. The molecule has 0 amide bonds. The molecule has 0 aliphatic rings. The number of rotatable bonds is 4. The molecule has 0 heterocycles. The lowest BCUT2D eigenvalue weighted by Gasteiger charge is -2.09. The number of hydrogen-bond acceptors (Lipinski definition) is 3. The van der Waals surface area contributed by atoms with Crippen molar-refractivity contribution < 1.29 is 5.11 Å². The number of aliphatic hydroxyl groups excluding tert-OH is 1. The summed E-state index contributed by atoms with van der Waals surface area (Å²) in [6.07, 6.45) is 0.721. The van der Waals surface area contributed by atoms with E-state index in [0.717, 1.165) is 16.8 Å². The minimum Gasteiger partial charge on any atom is -0.398 e. The molecule has 1 aromatic carbocycles. The van der Waals surface area contributed by atoms with Crippen molar-refractivity contribution in [2.45, 2.75) is 13.3 Å². The average Bonchev–Trinajstić information content (AvgIpc) is 2.30. The molecule has 0 atom stereocenters. The Morgan fingerprint density at radius 1 is 1.33 bits per heavy atom. The van der Waals surface area contributed by atoms with Crippen LogP contribution in [0.4, 0.5) is 0 Å². The molecule has 15 heavy (non-hydrogen) atoms. The van der Waals surface area contributed by atoms with E-state index in [1.807, 2.05) is 37.3 Å². The van der Waals surface area contributed by atoms with Gasteiger partial charge in [0.25, 0.3) is 0 Å². The van der Waals surface area contributed by atoms with Gasteiger partial charge in [0.2, 0.25) is 0 Å². The SMILES string of the molecule is CCC(=S)/C(CO)=C(\N)c1ccccc1. The van der Waals surface area contributed by atoms with Crippen LogP contribution in [0.5, 0.6) is 0 Å². The molecule has 0 radical (unpaired) electrons. The van der Waals surface area contributed by atoms with Gasteiger partial charge >= 0.3 is 0 Å². The Morgan fingerprint density at radius 2 is 1.93 bits per heavy atom. The van der Waals surface area contributed by atoms with Gasteiger partial charge in [0, 0.05) is 16.1 Å². The van der Waals surface area contributed by atoms with E-state index >= 15 is 0 Å². The van der Waals surface area contributed by atoms with E-state index in [-0.39, 0.29) is 6.61 Å². The van der Waals surface area contributed by atoms with Gasteiger partial charge in [-0.05, 0) is 12.0 Å². The third-order valence-corrected chi connectivity index (χ3v) is 2.76. The Bertz CT molecular complexity index is 370. The van der Waals surface area contributed by atoms with E-state index < -0.39 is 0 Å². The van der Waals surface area contributed by atoms with Crippen LogP contribution in [0.25, 0.3) is 5.70 Å². The Kier molecular flexibility index (Phi) is 4.46. The molecule has 0 bridgehead atoms. The first-order chi connectivity index (χ1) is 7.20. The predicted molar refractivity (Wildman–Crippen MR) is 67.5 cm³/mol. The van der Waals surface area contributed by atoms with Crippen LogP contribution in [0.3, 0.4) is 0 Å². The summed E-state index contributed by atoms with van der Waals surface area (Å²) in [6, 6.07) is 9.55. The van der Waals surface area contributed by atoms with Gasteiger partial charge in [-0.25, -0.2) is 0 Å². The van der Waals surface area contributed by atoms with Crippen molar-refractivity contribution in [2.24, 2.45) is 5.73 Å². The molecule has 1 aromatic rings. The van der Waals surface area contributed by atoms with Gasteiger partial charge in [0.1, 0.15) is 0 Å². The summed E-state index contributed by atoms with van der Waals surface area (Å²) in [5.41, 5.74) is 8.10. The predicted octanol–water partition coefficient (Wildman–Crippen LogP) is 2.13. The molecule has 0 unspecified atom stereocenters. The van der Waals surface area contributed by atoms with Crippen LogP contribution in [0.1, 0.15) is 18.9 Å². The van der Waals surface area contributed by atoms with Crippen molar-refractivity contribution in [3.8, 4) is 0 Å². The summed E-state index contributed by atoms with van der Waals surface area (Å²) in [6.45, 7) is 1.85. The summed E-state index contributed by atoms with van der Waals surface area (Å²) in [4.78, 5) is 0.721. The topological polar surface area (TPSA) is 46.2 Å². The highest BCUT2D eigenvalue weighted by Crippen LogP contribution is 2.15. The smallest absolute Gasteiger partial charge is 0.0713 e. The first-order valence-corrected chi connectivity index (χ1v) is 5.29. The summed E-state index contributed by atoms with van der Waals surface area (Å²) < 4.78 is 0. The molecular weight excluding hydrogens is 206 g/mol. The summed E-state index contributed by atoms with van der Waals surface area (Å²) in [7, 11) is 0. The van der Waals surface area contributed by atoms with Crippen LogP contribution in [0, 0.1) is 0 Å². The fourth-order valence-corrected chi connectivity index (χ4v) is 1.50. The van der Waals surface area contributed by atoms with Crippen molar-refractivity contribution in [1.82, 2.24) is 0 Å². The average molecular weight is 221 g/mol. The Morgan fingerprint density at radius 3 is 2.40 bits per heavy atom. The van der Waals surface area contributed by atoms with Crippen LogP contribution in [-0.4, -0.2) is 16.6 Å². The first kappa shape index (κ1) is 11.9. The highest BCUT2D eigenvalue weighted by atomic mass is 32.1. The van der Waals surface area contributed by atoms with E-state index in [9.17, 15) is 5.11 Å². The number of benzene rings is 1. The maximum atomic E-state index is 9.23. The van der Waals surface area contributed by atoms with E-state index in [4.69, 9.17) is 18.0 Å². The molecule has 0 aliphatic carbocycles. The highest BCUT2D eigenvalue weighted by Gasteiger charge is 2.08. The first-order valence-electron chi connectivity index (χ1n) is 4.88. The highest BCUT2D eigenvalue weighted by molar-refractivity contribution is 7.80. The monoisotopic (exact) mass is 221 g/mol. The maximum absolute atomic E-state index is 9.23. The quantitative estimate of drug-likeness (QED) is 0.605. The van der Waals surface area contributed by atoms with Gasteiger partial charge in [-0.15, -0.1) is 0 Å². The van der Waals surface area contributed by atoms with Crippen LogP contribution in [0.15, 0.2) is 35.9 Å². The van der Waals surface area contributed by atoms with Crippen molar-refractivity contribution in [1.29, 1.82) is 0 Å². The molecule has 1 rings (SSSR count). The van der Waals surface area contributed by atoms with Crippen molar-refractivity contribution in [3.05, 3.63) is 41.5 Å². The summed E-state index contributed by atoms with van der Waals surface area (Å²) in [5, 5.41) is 9.23. The zero-order valence-corrected chi connectivity index (χ0v) is 9.55. The fourth-order valence-electron chi connectivity index (χ4n) is 1.33. The van der Waals surface area contributed by atoms with E-state index in [1.165, 1.54) is 0 Å². The normalized spacial score (nSPS) is 12.1. The number of nitrogens with two attached hydrogens (primary N) is 1. The standard InChI is InChI=1S/C12H15NOS/c1-2-11(15)10(8-14)12(13)9-6-4-3-5-7-9/h3-7,14H,2,8,13H2,1H3/b12-10-. The van der Waals surface area contributed by atoms with Gasteiger partial charge in [-0.3, -0.25) is 0 Å². The Labute approximate surface area is 95.4 Å². The molecule has 0 aromatic heterocycles. The minimum absolute atomic E-state index is 0.104. The molecule has 0 saturated carbocycles. The largest absolute Gasteiger partial charge is 0.398 e. The molecule has 2 nitrogen and oxygen atoms in total. The second kappa shape index (κ2) is 5.63. The number of hydrogen-bond donors (Lipinski definition) is 2. The lowest BCUT2D eigenvalue weighted by atomic mass is 10.0. The summed E-state index contributed by atoms with van der Waals surface area (Å²) >= 11 is 5.15. The molecule has 0 spiro atoms. The van der Waals surface area contributed by atoms with Gasteiger partial charge in [0.05, 0.1) is 6.61 Å². The maximum Gasteiger partial charge on any atom is 0.0713 e. The van der Waals surface area contributed by atoms with Crippen molar-refractivity contribution >= 4 is 22.8 Å². The van der Waals surface area contributed by atoms with E-state index in [1.54, 1.807) is 0 Å². The molecule has 0 saturated heterocycles. The Balaban J connectivity index is 3.12. The van der Waals surface area contributed by atoms with Crippen LogP contribution in [0.2, 0.25) is 0 Å². The van der Waals surface area contributed by atoms with Crippen LogP contribution >= 0.6 is 12.2 Å². The summed E-state index contributed by atoms with van der Waals surface area (Å²) in [5.74, 6) is 0. The molecular formula is C12H15NOS. The molecule has 3 N–H and O–H groups in total. The number of aliphatic hydroxyl groups is 1. The second-order valence-corrected chi connectivity index (χ2v) is 3.69. The molecule has 80 valence electrons. The zero-order chi connectivity index (χ0) is 11.3. The van der Waals surface area contributed by atoms with Crippen LogP contribution in [-0.2, 0) is 0 Å². The zero-order valence-electron chi connectivity index (χ0n) is 8.73. The lowest BCUT2D eigenvalue weighted by Crippen LogP contribution is -2.11. The molecule has 0 fully saturated rings. The Hall–Kier alpha value is -1.19. The third kappa shape index (κ3) is 2.88. The molecule has 0 aliphatic heterocycles. The van der Waals surface area contributed by atoms with Gasteiger partial charge in [0.15, 0.2) is 0 Å².